The second-order valence-electron chi connectivity index (χ2n) is 4.98. The molecule has 1 atom stereocenters. The van der Waals surface area contributed by atoms with E-state index in [9.17, 15) is 14.4 Å². The lowest BCUT2D eigenvalue weighted by molar-refractivity contribution is -0.151. The van der Waals surface area contributed by atoms with Gasteiger partial charge in [0.2, 0.25) is 0 Å². The summed E-state index contributed by atoms with van der Waals surface area (Å²) >= 11 is 3.29. The minimum absolute atomic E-state index is 0.170. The van der Waals surface area contributed by atoms with Gasteiger partial charge in [0.15, 0.2) is 6.61 Å². The van der Waals surface area contributed by atoms with Crippen molar-refractivity contribution < 1.29 is 19.1 Å². The Kier molecular flexibility index (Phi) is 7.04. The van der Waals surface area contributed by atoms with E-state index in [2.05, 4.69) is 26.6 Å². The third-order valence-electron chi connectivity index (χ3n) is 2.94. The highest BCUT2D eigenvalue weighted by molar-refractivity contribution is 9.10. The molecule has 2 N–H and O–H groups in total. The van der Waals surface area contributed by atoms with Crippen molar-refractivity contribution in [1.29, 1.82) is 0 Å². The summed E-state index contributed by atoms with van der Waals surface area (Å²) in [6.07, 6.45) is 0. The van der Waals surface area contributed by atoms with Crippen LogP contribution in [0.2, 0.25) is 0 Å². The van der Waals surface area contributed by atoms with E-state index in [1.165, 1.54) is 7.05 Å². The SMILES string of the molecule is CNC(=O)COC(=O)[C@@H](NC(=O)c1ccc(Br)cc1)C(C)C. The Morgan fingerprint density at radius 2 is 1.77 bits per heavy atom. The Hall–Kier alpha value is -1.89. The highest BCUT2D eigenvalue weighted by Gasteiger charge is 2.26. The van der Waals surface area contributed by atoms with Crippen LogP contribution in [-0.4, -0.2) is 37.5 Å². The molecule has 7 heteroatoms. The zero-order valence-electron chi connectivity index (χ0n) is 12.7. The molecule has 2 amide bonds. The van der Waals surface area contributed by atoms with Gasteiger partial charge in [-0.15, -0.1) is 0 Å². The monoisotopic (exact) mass is 370 g/mol. The van der Waals surface area contributed by atoms with Crippen molar-refractivity contribution in [2.45, 2.75) is 19.9 Å². The van der Waals surface area contributed by atoms with Crippen molar-refractivity contribution in [3.8, 4) is 0 Å². The predicted molar refractivity (Wildman–Crippen MR) is 85.3 cm³/mol. The molecule has 0 heterocycles. The van der Waals surface area contributed by atoms with Crippen molar-refractivity contribution in [3.63, 3.8) is 0 Å². The van der Waals surface area contributed by atoms with Gasteiger partial charge >= 0.3 is 5.97 Å². The molecular weight excluding hydrogens is 352 g/mol. The number of hydrogen-bond donors (Lipinski definition) is 2. The number of hydrogen-bond acceptors (Lipinski definition) is 4. The predicted octanol–water partition coefficient (Wildman–Crippen LogP) is 1.49. The van der Waals surface area contributed by atoms with Gasteiger partial charge in [-0.3, -0.25) is 9.59 Å². The molecule has 1 aromatic carbocycles. The number of carbonyl (C=O) groups is 3. The van der Waals surface area contributed by atoms with E-state index in [0.29, 0.717) is 5.56 Å². The van der Waals surface area contributed by atoms with E-state index in [0.717, 1.165) is 4.47 Å². The van der Waals surface area contributed by atoms with Gasteiger partial charge < -0.3 is 15.4 Å². The molecule has 0 unspecified atom stereocenters. The Bertz CT molecular complexity index is 543. The van der Waals surface area contributed by atoms with Gasteiger partial charge in [0.05, 0.1) is 0 Å². The van der Waals surface area contributed by atoms with E-state index in [4.69, 9.17) is 4.74 Å². The molecule has 0 aliphatic heterocycles. The van der Waals surface area contributed by atoms with Gasteiger partial charge in [0.1, 0.15) is 6.04 Å². The van der Waals surface area contributed by atoms with Gasteiger partial charge in [-0.1, -0.05) is 29.8 Å². The third-order valence-corrected chi connectivity index (χ3v) is 3.47. The molecule has 0 aliphatic rings. The summed E-state index contributed by atoms with van der Waals surface area (Å²) in [5.41, 5.74) is 0.438. The molecule has 6 nitrogen and oxygen atoms in total. The van der Waals surface area contributed by atoms with Crippen LogP contribution in [0.5, 0.6) is 0 Å². The number of nitrogens with one attached hydrogen (secondary N) is 2. The highest BCUT2D eigenvalue weighted by Crippen LogP contribution is 2.11. The number of likely N-dealkylation sites (N-methyl/N-ethyl adjacent to an activating group) is 1. The summed E-state index contributed by atoms with van der Waals surface area (Å²) in [4.78, 5) is 35.3. The van der Waals surface area contributed by atoms with Crippen LogP contribution in [0.15, 0.2) is 28.7 Å². The lowest BCUT2D eigenvalue weighted by atomic mass is 10.0. The number of amides is 2. The second kappa shape index (κ2) is 8.53. The Balaban J connectivity index is 2.71. The molecule has 0 aromatic heterocycles. The fraction of sp³-hybridized carbons (Fsp3) is 0.400. The summed E-state index contributed by atoms with van der Waals surface area (Å²) in [5.74, 6) is -1.58. The first-order valence-electron chi connectivity index (χ1n) is 6.78. The van der Waals surface area contributed by atoms with Crippen molar-refractivity contribution in [1.82, 2.24) is 10.6 Å². The Morgan fingerprint density at radius 3 is 2.27 bits per heavy atom. The largest absolute Gasteiger partial charge is 0.454 e. The van der Waals surface area contributed by atoms with Crippen molar-refractivity contribution in [2.24, 2.45) is 5.92 Å². The summed E-state index contributed by atoms with van der Waals surface area (Å²) in [7, 11) is 1.45. The minimum Gasteiger partial charge on any atom is -0.454 e. The summed E-state index contributed by atoms with van der Waals surface area (Å²) < 4.78 is 5.76. The lowest BCUT2D eigenvalue weighted by Crippen LogP contribution is -2.46. The minimum atomic E-state index is -0.819. The summed E-state index contributed by atoms with van der Waals surface area (Å²) in [6.45, 7) is 3.20. The highest BCUT2D eigenvalue weighted by atomic mass is 79.9. The first-order valence-corrected chi connectivity index (χ1v) is 7.58. The Morgan fingerprint density at radius 1 is 1.18 bits per heavy atom. The van der Waals surface area contributed by atoms with Crippen LogP contribution in [0.1, 0.15) is 24.2 Å². The normalized spacial score (nSPS) is 11.7. The molecule has 0 bridgehead atoms. The number of esters is 1. The first-order chi connectivity index (χ1) is 10.3. The fourth-order valence-electron chi connectivity index (χ4n) is 1.62. The smallest absolute Gasteiger partial charge is 0.329 e. The molecule has 0 saturated heterocycles. The molecule has 120 valence electrons. The topological polar surface area (TPSA) is 84.5 Å². The van der Waals surface area contributed by atoms with Crippen LogP contribution >= 0.6 is 15.9 Å². The van der Waals surface area contributed by atoms with Crippen molar-refractivity contribution >= 4 is 33.7 Å². The number of rotatable bonds is 6. The van der Waals surface area contributed by atoms with E-state index < -0.39 is 17.9 Å². The summed E-state index contributed by atoms with van der Waals surface area (Å²) in [5, 5.41) is 4.99. The zero-order chi connectivity index (χ0) is 16.7. The van der Waals surface area contributed by atoms with E-state index >= 15 is 0 Å². The average Bonchev–Trinajstić information content (AvgIpc) is 2.49. The van der Waals surface area contributed by atoms with E-state index in [-0.39, 0.29) is 18.4 Å². The Labute approximate surface area is 137 Å². The van der Waals surface area contributed by atoms with Gasteiger partial charge in [0.25, 0.3) is 11.8 Å². The van der Waals surface area contributed by atoms with Crippen LogP contribution < -0.4 is 10.6 Å². The molecular formula is C15H19BrN2O4. The number of ether oxygens (including phenoxy) is 1. The van der Waals surface area contributed by atoms with Crippen LogP contribution in [0, 0.1) is 5.92 Å². The van der Waals surface area contributed by atoms with Gasteiger partial charge in [0, 0.05) is 17.1 Å². The molecule has 0 spiro atoms. The zero-order valence-corrected chi connectivity index (χ0v) is 14.3. The van der Waals surface area contributed by atoms with Crippen molar-refractivity contribution in [2.75, 3.05) is 13.7 Å². The van der Waals surface area contributed by atoms with Gasteiger partial charge in [-0.2, -0.15) is 0 Å². The van der Waals surface area contributed by atoms with Crippen LogP contribution in [0.3, 0.4) is 0 Å². The van der Waals surface area contributed by atoms with Crippen LogP contribution in [0.4, 0.5) is 0 Å². The van der Waals surface area contributed by atoms with Crippen molar-refractivity contribution in [3.05, 3.63) is 34.3 Å². The number of benzene rings is 1. The first kappa shape index (κ1) is 18.2. The standard InChI is InChI=1S/C15H19BrN2O4/c1-9(2)13(15(21)22-8-12(19)17-3)18-14(20)10-4-6-11(16)7-5-10/h4-7,9,13H,8H2,1-3H3,(H,17,19)(H,18,20)/t13-/m0/s1. The maximum Gasteiger partial charge on any atom is 0.329 e. The van der Waals surface area contributed by atoms with Crippen LogP contribution in [-0.2, 0) is 14.3 Å². The average molecular weight is 371 g/mol. The van der Waals surface area contributed by atoms with Crippen LogP contribution in [0.25, 0.3) is 0 Å². The molecule has 1 aromatic rings. The maximum absolute atomic E-state index is 12.2. The maximum atomic E-state index is 12.2. The van der Waals surface area contributed by atoms with E-state index in [1.807, 2.05) is 0 Å². The second-order valence-corrected chi connectivity index (χ2v) is 5.90. The molecule has 1 rings (SSSR count). The summed E-state index contributed by atoms with van der Waals surface area (Å²) in [6, 6.07) is 5.95. The lowest BCUT2D eigenvalue weighted by Gasteiger charge is -2.20. The van der Waals surface area contributed by atoms with E-state index in [1.54, 1.807) is 38.1 Å². The van der Waals surface area contributed by atoms with Gasteiger partial charge in [-0.25, -0.2) is 4.79 Å². The number of halogens is 1. The molecule has 0 fully saturated rings. The molecule has 0 radical (unpaired) electrons. The molecule has 22 heavy (non-hydrogen) atoms. The molecule has 0 saturated carbocycles. The van der Waals surface area contributed by atoms with Gasteiger partial charge in [-0.05, 0) is 30.2 Å². The third kappa shape index (κ3) is 5.48. The molecule has 0 aliphatic carbocycles. The number of carbonyl (C=O) groups excluding carboxylic acids is 3. The fourth-order valence-corrected chi connectivity index (χ4v) is 1.89. The quantitative estimate of drug-likeness (QED) is 0.743.